The summed E-state index contributed by atoms with van der Waals surface area (Å²) in [5.41, 5.74) is 1.25. The molecule has 2 atom stereocenters. The molecule has 1 aliphatic carbocycles. The second-order valence-corrected chi connectivity index (χ2v) is 10.8. The Balaban J connectivity index is 1.23. The molecule has 1 saturated carbocycles. The lowest BCUT2D eigenvalue weighted by atomic mass is 9.80. The zero-order chi connectivity index (χ0) is 19.1. The van der Waals surface area contributed by atoms with Crippen LogP contribution in [0.25, 0.3) is 0 Å². The fraction of sp³-hybridized carbons (Fsp3) is 0.667. The standard InChI is InChI=1S/C21H29N3O2S/c1-2-27(25,26)24-15-21(16-24,10-11-22)23-13-17(14-23)8-9-19-12-20(19)18-6-4-3-5-7-18/h3-7,17,19-20H,2,8-10,12-16H2,1H3. The van der Waals surface area contributed by atoms with Crippen LogP contribution < -0.4 is 0 Å². The zero-order valence-electron chi connectivity index (χ0n) is 16.0. The van der Waals surface area contributed by atoms with E-state index in [0.29, 0.717) is 25.4 Å². The minimum absolute atomic E-state index is 0.141. The van der Waals surface area contributed by atoms with Gasteiger partial charge in [0.25, 0.3) is 0 Å². The first-order chi connectivity index (χ1) is 13.0. The summed E-state index contributed by atoms with van der Waals surface area (Å²) in [4.78, 5) is 2.37. The summed E-state index contributed by atoms with van der Waals surface area (Å²) in [6, 6.07) is 13.1. The van der Waals surface area contributed by atoms with Crippen LogP contribution in [0.1, 0.15) is 44.1 Å². The van der Waals surface area contributed by atoms with Gasteiger partial charge >= 0.3 is 0 Å². The number of rotatable bonds is 8. The van der Waals surface area contributed by atoms with Crippen molar-refractivity contribution in [1.29, 1.82) is 5.26 Å². The molecule has 3 fully saturated rings. The number of hydrogen-bond donors (Lipinski definition) is 0. The average molecular weight is 388 g/mol. The van der Waals surface area contributed by atoms with E-state index in [9.17, 15) is 13.7 Å². The average Bonchev–Trinajstić information content (AvgIpc) is 3.37. The van der Waals surface area contributed by atoms with E-state index in [2.05, 4.69) is 41.3 Å². The van der Waals surface area contributed by atoms with Crippen LogP contribution in [0.15, 0.2) is 30.3 Å². The van der Waals surface area contributed by atoms with E-state index in [0.717, 1.165) is 24.9 Å². The molecule has 2 unspecified atom stereocenters. The Morgan fingerprint density at radius 3 is 2.52 bits per heavy atom. The quantitative estimate of drug-likeness (QED) is 0.688. The van der Waals surface area contributed by atoms with Crippen LogP contribution >= 0.6 is 0 Å². The highest BCUT2D eigenvalue weighted by Crippen LogP contribution is 2.51. The van der Waals surface area contributed by atoms with Gasteiger partial charge in [-0.1, -0.05) is 30.3 Å². The Morgan fingerprint density at radius 1 is 1.19 bits per heavy atom. The van der Waals surface area contributed by atoms with Crippen LogP contribution in [0.3, 0.4) is 0 Å². The number of hydrogen-bond acceptors (Lipinski definition) is 4. The topological polar surface area (TPSA) is 64.4 Å². The molecule has 0 radical (unpaired) electrons. The minimum Gasteiger partial charge on any atom is -0.293 e. The van der Waals surface area contributed by atoms with Gasteiger partial charge in [-0.25, -0.2) is 8.42 Å². The Labute approximate surface area is 163 Å². The number of benzene rings is 1. The van der Waals surface area contributed by atoms with Crippen molar-refractivity contribution >= 4 is 10.0 Å². The molecule has 2 heterocycles. The Hall–Kier alpha value is -1.42. The van der Waals surface area contributed by atoms with Crippen molar-refractivity contribution < 1.29 is 8.42 Å². The molecule has 6 heteroatoms. The molecule has 2 aliphatic heterocycles. The monoisotopic (exact) mass is 387 g/mol. The predicted molar refractivity (Wildman–Crippen MR) is 106 cm³/mol. The molecule has 0 spiro atoms. The maximum absolute atomic E-state index is 12.0. The summed E-state index contributed by atoms with van der Waals surface area (Å²) >= 11 is 0. The lowest BCUT2D eigenvalue weighted by Gasteiger charge is -2.59. The molecule has 1 aromatic carbocycles. The highest BCUT2D eigenvalue weighted by atomic mass is 32.2. The number of nitriles is 1. The van der Waals surface area contributed by atoms with Gasteiger partial charge in [0.2, 0.25) is 10.0 Å². The van der Waals surface area contributed by atoms with Crippen LogP contribution in [-0.4, -0.2) is 55.1 Å². The van der Waals surface area contributed by atoms with Gasteiger partial charge < -0.3 is 0 Å². The largest absolute Gasteiger partial charge is 0.293 e. The first-order valence-corrected chi connectivity index (χ1v) is 11.7. The van der Waals surface area contributed by atoms with Crippen molar-refractivity contribution in [2.45, 2.75) is 44.1 Å². The number of sulfonamides is 1. The third-order valence-corrected chi connectivity index (χ3v) is 8.61. The fourth-order valence-electron chi connectivity index (χ4n) is 4.82. The normalized spacial score (nSPS) is 28.1. The molecule has 27 heavy (non-hydrogen) atoms. The Kier molecular flexibility index (Phi) is 5.04. The van der Waals surface area contributed by atoms with Crippen molar-refractivity contribution in [2.24, 2.45) is 11.8 Å². The van der Waals surface area contributed by atoms with Gasteiger partial charge in [0.05, 0.1) is 23.8 Å². The van der Waals surface area contributed by atoms with Crippen LogP contribution in [-0.2, 0) is 10.0 Å². The van der Waals surface area contributed by atoms with Gasteiger partial charge in [-0.15, -0.1) is 0 Å². The third-order valence-electron chi connectivity index (χ3n) is 6.83. The van der Waals surface area contributed by atoms with E-state index in [1.54, 1.807) is 11.2 Å². The predicted octanol–water partition coefficient (Wildman–Crippen LogP) is 2.82. The second kappa shape index (κ2) is 7.20. The van der Waals surface area contributed by atoms with E-state index in [4.69, 9.17) is 0 Å². The molecule has 0 amide bonds. The van der Waals surface area contributed by atoms with Gasteiger partial charge in [0.15, 0.2) is 0 Å². The number of likely N-dealkylation sites (tertiary alicyclic amines) is 1. The van der Waals surface area contributed by atoms with E-state index in [-0.39, 0.29) is 11.3 Å². The SMILES string of the molecule is CCS(=O)(=O)N1CC(CC#N)(N2CC(CCC3CC3c3ccccc3)C2)C1. The van der Waals surface area contributed by atoms with Crippen molar-refractivity contribution in [3.8, 4) is 6.07 Å². The molecule has 0 aromatic heterocycles. The van der Waals surface area contributed by atoms with Crippen molar-refractivity contribution in [3.63, 3.8) is 0 Å². The van der Waals surface area contributed by atoms with E-state index in [1.165, 1.54) is 24.8 Å². The zero-order valence-corrected chi connectivity index (χ0v) is 16.9. The second-order valence-electron chi connectivity index (χ2n) is 8.59. The lowest BCUT2D eigenvalue weighted by molar-refractivity contribution is -0.0779. The molecule has 0 N–H and O–H groups in total. The first-order valence-electron chi connectivity index (χ1n) is 10.1. The highest BCUT2D eigenvalue weighted by Gasteiger charge is 2.54. The van der Waals surface area contributed by atoms with Gasteiger partial charge in [-0.05, 0) is 49.5 Å². The van der Waals surface area contributed by atoms with Gasteiger partial charge in [0, 0.05) is 26.2 Å². The Morgan fingerprint density at radius 2 is 1.89 bits per heavy atom. The summed E-state index contributed by atoms with van der Waals surface area (Å²) < 4.78 is 25.6. The van der Waals surface area contributed by atoms with Crippen molar-refractivity contribution in [2.75, 3.05) is 31.9 Å². The molecule has 2 saturated heterocycles. The molecule has 146 valence electrons. The minimum atomic E-state index is -3.13. The fourth-order valence-corrected chi connectivity index (χ4v) is 6.06. The number of nitrogens with zero attached hydrogens (tertiary/aromatic N) is 3. The first kappa shape index (κ1) is 18.9. The van der Waals surface area contributed by atoms with Crippen molar-refractivity contribution in [3.05, 3.63) is 35.9 Å². The molecular weight excluding hydrogens is 358 g/mol. The summed E-state index contributed by atoms with van der Waals surface area (Å²) in [7, 11) is -3.13. The van der Waals surface area contributed by atoms with E-state index >= 15 is 0 Å². The molecule has 4 rings (SSSR count). The van der Waals surface area contributed by atoms with E-state index < -0.39 is 10.0 Å². The third kappa shape index (κ3) is 3.65. The van der Waals surface area contributed by atoms with Gasteiger partial charge in [0.1, 0.15) is 0 Å². The van der Waals surface area contributed by atoms with Crippen LogP contribution in [0, 0.1) is 23.2 Å². The van der Waals surface area contributed by atoms with E-state index in [1.807, 2.05) is 0 Å². The summed E-state index contributed by atoms with van der Waals surface area (Å²) in [6.07, 6.45) is 4.29. The summed E-state index contributed by atoms with van der Waals surface area (Å²) in [5.74, 6) is 2.44. The maximum Gasteiger partial charge on any atom is 0.213 e. The smallest absolute Gasteiger partial charge is 0.213 e. The molecule has 5 nitrogen and oxygen atoms in total. The summed E-state index contributed by atoms with van der Waals surface area (Å²) in [6.45, 7) is 4.69. The van der Waals surface area contributed by atoms with Crippen LogP contribution in [0.4, 0.5) is 0 Å². The van der Waals surface area contributed by atoms with Crippen molar-refractivity contribution in [1.82, 2.24) is 9.21 Å². The van der Waals surface area contributed by atoms with Gasteiger partial charge in [-0.3, -0.25) is 4.90 Å². The van der Waals surface area contributed by atoms with Gasteiger partial charge in [-0.2, -0.15) is 9.57 Å². The summed E-state index contributed by atoms with van der Waals surface area (Å²) in [5, 5.41) is 9.22. The van der Waals surface area contributed by atoms with Crippen LogP contribution in [0.2, 0.25) is 0 Å². The molecule has 0 bridgehead atoms. The molecule has 1 aromatic rings. The van der Waals surface area contributed by atoms with Crippen LogP contribution in [0.5, 0.6) is 0 Å². The Bertz CT molecular complexity index is 806. The highest BCUT2D eigenvalue weighted by molar-refractivity contribution is 7.89. The molecular formula is C21H29N3O2S. The molecule has 3 aliphatic rings. The lowest BCUT2D eigenvalue weighted by Crippen LogP contribution is -2.75. The maximum atomic E-state index is 12.0.